The van der Waals surface area contributed by atoms with Crippen molar-refractivity contribution in [3.05, 3.63) is 43.0 Å². The second-order valence-corrected chi connectivity index (χ2v) is 5.56. The molecular weight excluding hydrogens is 284 g/mol. The Balaban J connectivity index is 1.80. The van der Waals surface area contributed by atoms with E-state index in [1.807, 2.05) is 29.1 Å². The molecule has 0 amide bonds. The minimum absolute atomic E-state index is 0.208. The number of nitrogens with two attached hydrogens (primary N) is 1. The van der Waals surface area contributed by atoms with E-state index in [4.69, 9.17) is 5.73 Å². The van der Waals surface area contributed by atoms with Gasteiger partial charge in [0.15, 0.2) is 0 Å². The van der Waals surface area contributed by atoms with Gasteiger partial charge in [0.05, 0.1) is 12.1 Å². The van der Waals surface area contributed by atoms with Crippen molar-refractivity contribution in [3.63, 3.8) is 0 Å². The van der Waals surface area contributed by atoms with Crippen molar-refractivity contribution >= 4 is 22.4 Å². The highest BCUT2D eigenvalue weighted by atomic mass is 32.1. The van der Waals surface area contributed by atoms with E-state index < -0.39 is 0 Å². The van der Waals surface area contributed by atoms with Crippen molar-refractivity contribution in [1.29, 1.82) is 0 Å². The molecule has 7 heteroatoms. The molecule has 3 heterocycles. The Morgan fingerprint density at radius 1 is 1.38 bits per heavy atom. The third-order valence-electron chi connectivity index (χ3n) is 3.07. The Labute approximate surface area is 126 Å². The summed E-state index contributed by atoms with van der Waals surface area (Å²) < 4.78 is 6.14. The molecule has 0 aliphatic rings. The lowest BCUT2D eigenvalue weighted by molar-refractivity contribution is 0.562. The summed E-state index contributed by atoms with van der Waals surface area (Å²) in [4.78, 5) is 4.14. The standard InChI is InChI=1S/C14H16N6S/c1-10(9-20-7-3-6-17-20)18-14-12(13(15)19-21-14)11-4-2-5-16-8-11/h2-8,10,18H,9H2,1H3,(H2,15,19). The molecule has 0 aliphatic carbocycles. The average Bonchev–Trinajstić information content (AvgIpc) is 3.10. The summed E-state index contributed by atoms with van der Waals surface area (Å²) in [5.74, 6) is 0.529. The minimum atomic E-state index is 0.208. The van der Waals surface area contributed by atoms with Gasteiger partial charge in [-0.05, 0) is 30.6 Å². The van der Waals surface area contributed by atoms with Crippen molar-refractivity contribution < 1.29 is 0 Å². The van der Waals surface area contributed by atoms with Crippen LogP contribution in [0.1, 0.15) is 6.92 Å². The smallest absolute Gasteiger partial charge is 0.147 e. The van der Waals surface area contributed by atoms with Gasteiger partial charge in [-0.2, -0.15) is 9.47 Å². The largest absolute Gasteiger partial charge is 0.382 e. The van der Waals surface area contributed by atoms with Gasteiger partial charge in [0.25, 0.3) is 0 Å². The molecule has 3 aromatic rings. The first-order valence-electron chi connectivity index (χ1n) is 6.63. The van der Waals surface area contributed by atoms with E-state index in [1.165, 1.54) is 11.5 Å². The maximum absolute atomic E-state index is 6.00. The number of aromatic nitrogens is 4. The molecular formula is C14H16N6S. The SMILES string of the molecule is CC(Cn1cccn1)Nc1snc(N)c1-c1cccnc1. The lowest BCUT2D eigenvalue weighted by Gasteiger charge is -2.15. The maximum Gasteiger partial charge on any atom is 0.147 e. The number of nitrogens with one attached hydrogen (secondary N) is 1. The van der Waals surface area contributed by atoms with Gasteiger partial charge in [0.1, 0.15) is 10.8 Å². The third-order valence-corrected chi connectivity index (χ3v) is 3.86. The Morgan fingerprint density at radius 2 is 2.29 bits per heavy atom. The monoisotopic (exact) mass is 300 g/mol. The molecule has 0 radical (unpaired) electrons. The first-order chi connectivity index (χ1) is 10.2. The lowest BCUT2D eigenvalue weighted by atomic mass is 10.1. The van der Waals surface area contributed by atoms with Crippen LogP contribution in [-0.2, 0) is 6.54 Å². The number of hydrogen-bond donors (Lipinski definition) is 2. The number of pyridine rings is 1. The molecule has 108 valence electrons. The minimum Gasteiger partial charge on any atom is -0.382 e. The van der Waals surface area contributed by atoms with Crippen molar-refractivity contribution in [1.82, 2.24) is 19.1 Å². The Kier molecular flexibility index (Phi) is 3.83. The van der Waals surface area contributed by atoms with Crippen LogP contribution in [0.4, 0.5) is 10.8 Å². The van der Waals surface area contributed by atoms with Gasteiger partial charge in [0, 0.05) is 36.4 Å². The Hall–Kier alpha value is -2.41. The Bertz CT molecular complexity index is 692. The number of rotatable bonds is 5. The highest BCUT2D eigenvalue weighted by molar-refractivity contribution is 7.11. The zero-order chi connectivity index (χ0) is 14.7. The van der Waals surface area contributed by atoms with E-state index in [2.05, 4.69) is 26.7 Å². The second kappa shape index (κ2) is 5.92. The first-order valence-corrected chi connectivity index (χ1v) is 7.41. The molecule has 3 rings (SSSR count). The molecule has 21 heavy (non-hydrogen) atoms. The molecule has 6 nitrogen and oxygen atoms in total. The van der Waals surface area contributed by atoms with E-state index in [9.17, 15) is 0 Å². The molecule has 0 aromatic carbocycles. The van der Waals surface area contributed by atoms with Crippen LogP contribution in [0.15, 0.2) is 43.0 Å². The quantitative estimate of drug-likeness (QED) is 0.756. The van der Waals surface area contributed by atoms with E-state index >= 15 is 0 Å². The molecule has 0 fully saturated rings. The first kappa shape index (κ1) is 13.6. The van der Waals surface area contributed by atoms with Crippen LogP contribution in [0.5, 0.6) is 0 Å². The van der Waals surface area contributed by atoms with Gasteiger partial charge in [0.2, 0.25) is 0 Å². The van der Waals surface area contributed by atoms with Crippen molar-refractivity contribution in [3.8, 4) is 11.1 Å². The fourth-order valence-corrected chi connectivity index (χ4v) is 3.00. The molecule has 0 aliphatic heterocycles. The maximum atomic E-state index is 6.00. The highest BCUT2D eigenvalue weighted by Crippen LogP contribution is 2.36. The van der Waals surface area contributed by atoms with Crippen LogP contribution in [0.2, 0.25) is 0 Å². The molecule has 1 atom stereocenters. The van der Waals surface area contributed by atoms with Crippen LogP contribution in [0.25, 0.3) is 11.1 Å². The number of anilines is 2. The van der Waals surface area contributed by atoms with Crippen LogP contribution in [-0.4, -0.2) is 25.2 Å². The van der Waals surface area contributed by atoms with Crippen molar-refractivity contribution in [2.45, 2.75) is 19.5 Å². The average molecular weight is 300 g/mol. The number of nitrogens with zero attached hydrogens (tertiary/aromatic N) is 4. The fourth-order valence-electron chi connectivity index (χ4n) is 2.15. The van der Waals surface area contributed by atoms with Crippen LogP contribution in [0, 0.1) is 0 Å². The van der Waals surface area contributed by atoms with Gasteiger partial charge in [-0.3, -0.25) is 9.67 Å². The predicted octanol–water partition coefficient (Wildman–Crippen LogP) is 2.48. The Morgan fingerprint density at radius 3 is 3.00 bits per heavy atom. The topological polar surface area (TPSA) is 81.7 Å². The van der Waals surface area contributed by atoms with E-state index in [0.29, 0.717) is 5.82 Å². The van der Waals surface area contributed by atoms with Crippen molar-refractivity contribution in [2.24, 2.45) is 0 Å². The van der Waals surface area contributed by atoms with Crippen LogP contribution >= 0.6 is 11.5 Å². The zero-order valence-corrected chi connectivity index (χ0v) is 12.4. The summed E-state index contributed by atoms with van der Waals surface area (Å²) in [7, 11) is 0. The summed E-state index contributed by atoms with van der Waals surface area (Å²) in [5.41, 5.74) is 7.89. The summed E-state index contributed by atoms with van der Waals surface area (Å²) in [6.45, 7) is 2.88. The fraction of sp³-hybridized carbons (Fsp3) is 0.214. The molecule has 3 N–H and O–H groups in total. The predicted molar refractivity (Wildman–Crippen MR) is 85.1 cm³/mol. The highest BCUT2D eigenvalue weighted by Gasteiger charge is 2.15. The summed E-state index contributed by atoms with van der Waals surface area (Å²) in [6.07, 6.45) is 7.26. The van der Waals surface area contributed by atoms with E-state index in [0.717, 1.165) is 22.7 Å². The van der Waals surface area contributed by atoms with E-state index in [-0.39, 0.29) is 6.04 Å². The number of nitrogen functional groups attached to an aromatic ring is 1. The summed E-state index contributed by atoms with van der Waals surface area (Å²) >= 11 is 1.37. The van der Waals surface area contributed by atoms with Gasteiger partial charge in [-0.1, -0.05) is 6.07 Å². The normalized spacial score (nSPS) is 12.2. The lowest BCUT2D eigenvalue weighted by Crippen LogP contribution is -2.22. The molecule has 3 aromatic heterocycles. The van der Waals surface area contributed by atoms with Gasteiger partial charge in [-0.15, -0.1) is 0 Å². The molecule has 0 saturated carbocycles. The van der Waals surface area contributed by atoms with Crippen LogP contribution in [0.3, 0.4) is 0 Å². The van der Waals surface area contributed by atoms with E-state index in [1.54, 1.807) is 18.6 Å². The van der Waals surface area contributed by atoms with Gasteiger partial charge < -0.3 is 11.1 Å². The molecule has 1 unspecified atom stereocenters. The van der Waals surface area contributed by atoms with Gasteiger partial charge >= 0.3 is 0 Å². The zero-order valence-electron chi connectivity index (χ0n) is 11.6. The number of hydrogen-bond acceptors (Lipinski definition) is 6. The molecule has 0 saturated heterocycles. The summed E-state index contributed by atoms with van der Waals surface area (Å²) in [6, 6.07) is 6.00. The third kappa shape index (κ3) is 3.03. The molecule has 0 spiro atoms. The van der Waals surface area contributed by atoms with Crippen LogP contribution < -0.4 is 11.1 Å². The second-order valence-electron chi connectivity index (χ2n) is 4.79. The summed E-state index contributed by atoms with van der Waals surface area (Å²) in [5, 5.41) is 8.63. The van der Waals surface area contributed by atoms with Gasteiger partial charge in [-0.25, -0.2) is 0 Å². The molecule has 0 bridgehead atoms. The van der Waals surface area contributed by atoms with Crippen molar-refractivity contribution in [2.75, 3.05) is 11.1 Å².